The fourth-order valence-electron chi connectivity index (χ4n) is 1.23. The first-order valence-corrected chi connectivity index (χ1v) is 5.98. The van der Waals surface area contributed by atoms with Crippen LogP contribution in [0.1, 0.15) is 12.8 Å². The largest absolute Gasteiger partial charge is 0.481 e. The SMILES string of the molecule is O=C(O)CCCN1C(=O)/C(=C/C(F)(F)F)SC1=S. The van der Waals surface area contributed by atoms with Gasteiger partial charge < -0.3 is 5.11 Å². The molecule has 1 heterocycles. The quantitative estimate of drug-likeness (QED) is 0.637. The summed E-state index contributed by atoms with van der Waals surface area (Å²) in [6.07, 6.45) is -4.70. The molecule has 18 heavy (non-hydrogen) atoms. The van der Waals surface area contributed by atoms with Gasteiger partial charge in [-0.1, -0.05) is 24.0 Å². The van der Waals surface area contributed by atoms with E-state index in [9.17, 15) is 22.8 Å². The van der Waals surface area contributed by atoms with Crippen LogP contribution in [0, 0.1) is 0 Å². The molecule has 1 aliphatic rings. The summed E-state index contributed by atoms with van der Waals surface area (Å²) in [5.74, 6) is -1.86. The number of thiocarbonyl (C=S) groups is 1. The second-order valence-corrected chi connectivity index (χ2v) is 5.05. The molecule has 0 atom stereocenters. The maximum absolute atomic E-state index is 12.1. The lowest BCUT2D eigenvalue weighted by molar-refractivity contribution is -0.137. The van der Waals surface area contributed by atoms with Gasteiger partial charge in [-0.3, -0.25) is 14.5 Å². The first kappa shape index (κ1) is 15.0. The van der Waals surface area contributed by atoms with E-state index in [2.05, 4.69) is 0 Å². The second-order valence-electron chi connectivity index (χ2n) is 3.37. The van der Waals surface area contributed by atoms with Gasteiger partial charge in [0, 0.05) is 19.0 Å². The van der Waals surface area contributed by atoms with Crippen molar-refractivity contribution >= 4 is 40.2 Å². The van der Waals surface area contributed by atoms with Crippen molar-refractivity contribution in [2.24, 2.45) is 0 Å². The number of aliphatic carboxylic acids is 1. The number of carboxylic acids is 1. The number of amides is 1. The molecule has 0 aromatic heterocycles. The van der Waals surface area contributed by atoms with Gasteiger partial charge in [-0.25, -0.2) is 0 Å². The molecule has 1 fully saturated rings. The minimum Gasteiger partial charge on any atom is -0.481 e. The fraction of sp³-hybridized carbons (Fsp3) is 0.444. The van der Waals surface area contributed by atoms with Gasteiger partial charge in [-0.05, 0) is 6.42 Å². The van der Waals surface area contributed by atoms with Crippen LogP contribution in [0.2, 0.25) is 0 Å². The van der Waals surface area contributed by atoms with Gasteiger partial charge in [0.05, 0.1) is 4.91 Å². The molecule has 1 N–H and O–H groups in total. The Hall–Kier alpha value is -1.09. The molecule has 0 aromatic carbocycles. The number of thioether (sulfide) groups is 1. The second kappa shape index (κ2) is 5.70. The molecule has 0 saturated carbocycles. The summed E-state index contributed by atoms with van der Waals surface area (Å²) in [5.41, 5.74) is 0. The zero-order valence-corrected chi connectivity index (χ0v) is 10.5. The molecular formula is C9H8F3NO3S2. The van der Waals surface area contributed by atoms with Crippen LogP contribution in [-0.2, 0) is 9.59 Å². The lowest BCUT2D eigenvalue weighted by Crippen LogP contribution is -2.29. The number of hydrogen-bond donors (Lipinski definition) is 1. The van der Waals surface area contributed by atoms with Gasteiger partial charge >= 0.3 is 12.1 Å². The van der Waals surface area contributed by atoms with Crippen LogP contribution >= 0.6 is 24.0 Å². The first-order chi connectivity index (χ1) is 8.20. The Morgan fingerprint density at radius 1 is 1.50 bits per heavy atom. The Labute approximate surface area is 110 Å². The molecule has 1 rings (SSSR count). The van der Waals surface area contributed by atoms with Crippen LogP contribution in [0.3, 0.4) is 0 Å². The lowest BCUT2D eigenvalue weighted by Gasteiger charge is -2.13. The standard InChI is InChI=1S/C9H8F3NO3S2/c10-9(11,12)4-5-7(16)13(8(17)18-5)3-1-2-6(14)15/h4H,1-3H2,(H,14,15)/b5-4-. The summed E-state index contributed by atoms with van der Waals surface area (Å²) in [6.45, 7) is 0.00611. The van der Waals surface area contributed by atoms with Crippen LogP contribution in [-0.4, -0.2) is 38.9 Å². The van der Waals surface area contributed by atoms with Gasteiger partial charge in [0.1, 0.15) is 4.32 Å². The normalized spacial score (nSPS) is 18.8. The number of allylic oxidation sites excluding steroid dienone is 1. The average molecular weight is 299 g/mol. The van der Waals surface area contributed by atoms with Crippen molar-refractivity contribution in [3.8, 4) is 0 Å². The van der Waals surface area contributed by atoms with Gasteiger partial charge in [0.25, 0.3) is 5.91 Å². The van der Waals surface area contributed by atoms with Crippen molar-refractivity contribution in [3.63, 3.8) is 0 Å². The van der Waals surface area contributed by atoms with E-state index < -0.39 is 23.0 Å². The first-order valence-electron chi connectivity index (χ1n) is 4.76. The number of nitrogens with zero attached hydrogens (tertiary/aromatic N) is 1. The van der Waals surface area contributed by atoms with E-state index in [-0.39, 0.29) is 29.8 Å². The maximum atomic E-state index is 12.1. The lowest BCUT2D eigenvalue weighted by atomic mass is 10.3. The number of rotatable bonds is 4. The van der Waals surface area contributed by atoms with Crippen LogP contribution in [0.25, 0.3) is 0 Å². The molecule has 0 bridgehead atoms. The average Bonchev–Trinajstić information content (AvgIpc) is 2.42. The molecule has 1 amide bonds. The van der Waals surface area contributed by atoms with Gasteiger partial charge in [0.15, 0.2) is 0 Å². The van der Waals surface area contributed by atoms with Crippen molar-refractivity contribution in [2.45, 2.75) is 19.0 Å². The minimum absolute atomic E-state index is 0.00611. The third-order valence-corrected chi connectivity index (χ3v) is 3.32. The number of carbonyl (C=O) groups excluding carboxylic acids is 1. The smallest absolute Gasteiger partial charge is 0.411 e. The number of halogens is 3. The number of carboxylic acid groups (broad SMARTS) is 1. The number of carbonyl (C=O) groups is 2. The zero-order chi connectivity index (χ0) is 13.9. The van der Waals surface area contributed by atoms with Gasteiger partial charge in [-0.15, -0.1) is 0 Å². The summed E-state index contributed by atoms with van der Waals surface area (Å²) >= 11 is 5.34. The van der Waals surface area contributed by atoms with E-state index in [0.29, 0.717) is 11.8 Å². The van der Waals surface area contributed by atoms with E-state index >= 15 is 0 Å². The summed E-state index contributed by atoms with van der Waals surface area (Å²) in [5, 5.41) is 8.42. The summed E-state index contributed by atoms with van der Waals surface area (Å²) in [4.78, 5) is 22.4. The van der Waals surface area contributed by atoms with E-state index in [0.717, 1.165) is 4.90 Å². The molecule has 0 unspecified atom stereocenters. The Balaban J connectivity index is 2.68. The van der Waals surface area contributed by atoms with Crippen molar-refractivity contribution in [2.75, 3.05) is 6.54 Å². The van der Waals surface area contributed by atoms with E-state index in [4.69, 9.17) is 17.3 Å². The molecule has 0 radical (unpaired) electrons. The molecule has 0 aliphatic carbocycles. The molecular weight excluding hydrogens is 291 g/mol. The molecule has 4 nitrogen and oxygen atoms in total. The highest BCUT2D eigenvalue weighted by atomic mass is 32.2. The summed E-state index contributed by atoms with van der Waals surface area (Å²) in [7, 11) is 0. The third-order valence-electron chi connectivity index (χ3n) is 1.94. The predicted octanol–water partition coefficient (Wildman–Crippen LogP) is 2.16. The van der Waals surface area contributed by atoms with Crippen LogP contribution < -0.4 is 0 Å². The number of hydrogen-bond acceptors (Lipinski definition) is 4. The summed E-state index contributed by atoms with van der Waals surface area (Å²) in [6, 6.07) is 0. The fourth-order valence-corrected chi connectivity index (χ4v) is 2.54. The third kappa shape index (κ3) is 4.30. The predicted molar refractivity (Wildman–Crippen MR) is 62.9 cm³/mol. The maximum Gasteiger partial charge on any atom is 0.411 e. The van der Waals surface area contributed by atoms with Crippen molar-refractivity contribution in [1.82, 2.24) is 4.90 Å². The highest BCUT2D eigenvalue weighted by Gasteiger charge is 2.36. The van der Waals surface area contributed by atoms with E-state index in [1.807, 2.05) is 0 Å². The zero-order valence-electron chi connectivity index (χ0n) is 8.86. The van der Waals surface area contributed by atoms with Crippen molar-refractivity contribution in [1.29, 1.82) is 0 Å². The summed E-state index contributed by atoms with van der Waals surface area (Å²) < 4.78 is 36.3. The number of alkyl halides is 3. The van der Waals surface area contributed by atoms with Gasteiger partial charge in [0.2, 0.25) is 0 Å². The molecule has 1 aliphatic heterocycles. The molecule has 100 valence electrons. The van der Waals surface area contributed by atoms with Gasteiger partial charge in [-0.2, -0.15) is 13.2 Å². The topological polar surface area (TPSA) is 57.6 Å². The van der Waals surface area contributed by atoms with Crippen LogP contribution in [0.4, 0.5) is 13.2 Å². The van der Waals surface area contributed by atoms with Crippen molar-refractivity contribution in [3.05, 3.63) is 11.0 Å². The molecule has 9 heteroatoms. The minimum atomic E-state index is -4.58. The Bertz CT molecular complexity index is 420. The molecule has 0 spiro atoms. The Morgan fingerprint density at radius 2 is 2.11 bits per heavy atom. The van der Waals surface area contributed by atoms with E-state index in [1.165, 1.54) is 0 Å². The highest BCUT2D eigenvalue weighted by Crippen LogP contribution is 2.34. The monoisotopic (exact) mass is 299 g/mol. The molecule has 1 saturated heterocycles. The van der Waals surface area contributed by atoms with E-state index in [1.54, 1.807) is 0 Å². The van der Waals surface area contributed by atoms with Crippen LogP contribution in [0.15, 0.2) is 11.0 Å². The van der Waals surface area contributed by atoms with Crippen molar-refractivity contribution < 1.29 is 27.9 Å². The molecule has 0 aromatic rings. The Kier molecular flexibility index (Phi) is 4.74. The highest BCUT2D eigenvalue weighted by molar-refractivity contribution is 8.26. The van der Waals surface area contributed by atoms with Crippen LogP contribution in [0.5, 0.6) is 0 Å². The Morgan fingerprint density at radius 3 is 2.61 bits per heavy atom.